The lowest BCUT2D eigenvalue weighted by molar-refractivity contribution is -0.154. The molecule has 0 saturated carbocycles. The lowest BCUT2D eigenvalue weighted by atomic mass is 9.98. The van der Waals surface area contributed by atoms with E-state index in [-0.39, 0.29) is 18.6 Å². The van der Waals surface area contributed by atoms with Gasteiger partial charge in [0.25, 0.3) is 0 Å². The van der Waals surface area contributed by atoms with Gasteiger partial charge in [-0.15, -0.1) is 6.42 Å². The Morgan fingerprint density at radius 1 is 1.04 bits per heavy atom. The molecule has 12 heteroatoms. The predicted octanol–water partition coefficient (Wildman–Crippen LogP) is 4.76. The van der Waals surface area contributed by atoms with Crippen LogP contribution < -0.4 is 4.90 Å². The predicted molar refractivity (Wildman–Crippen MR) is 161 cm³/mol. The molecule has 9 nitrogen and oxygen atoms in total. The van der Waals surface area contributed by atoms with E-state index in [2.05, 4.69) is 20.8 Å². The summed E-state index contributed by atoms with van der Waals surface area (Å²) in [6.45, 7) is 6.26. The molecule has 0 N–H and O–H groups in total. The molecule has 3 heterocycles. The Labute approximate surface area is 260 Å². The fraction of sp³-hybridized carbons (Fsp3) is 0.424. The molecule has 1 aliphatic rings. The van der Waals surface area contributed by atoms with Crippen LogP contribution in [0.1, 0.15) is 27.2 Å². The van der Waals surface area contributed by atoms with Gasteiger partial charge in [0.1, 0.15) is 6.61 Å². The maximum Gasteiger partial charge on any atom is 0.416 e. The van der Waals surface area contributed by atoms with Crippen molar-refractivity contribution in [1.82, 2.24) is 9.97 Å². The zero-order valence-corrected chi connectivity index (χ0v) is 25.1. The van der Waals surface area contributed by atoms with E-state index < -0.39 is 23.8 Å². The molecule has 1 aliphatic heterocycles. The van der Waals surface area contributed by atoms with Gasteiger partial charge in [0, 0.05) is 47.7 Å². The summed E-state index contributed by atoms with van der Waals surface area (Å²) in [5.74, 6) is 1.96. The monoisotopic (exact) mass is 627 g/mol. The number of carbonyl (C=O) groups is 1. The fourth-order valence-electron chi connectivity index (χ4n) is 4.63. The largest absolute Gasteiger partial charge is 0.416 e. The normalized spacial score (nSPS) is 15.2. The van der Waals surface area contributed by atoms with E-state index in [4.69, 9.17) is 30.1 Å². The second-order valence-electron chi connectivity index (χ2n) is 10.2. The average Bonchev–Trinajstić information content (AvgIpc) is 3.04. The topological polar surface area (TPSA) is 92.2 Å². The zero-order valence-electron chi connectivity index (χ0n) is 25.1. The molecule has 1 unspecified atom stereocenters. The van der Waals surface area contributed by atoms with Crippen LogP contribution in [0.4, 0.5) is 18.9 Å². The number of Topliss-reactive ketones (excluding diaryl/α,β-unsaturated/α-hetero) is 1. The molecule has 1 atom stereocenters. The van der Waals surface area contributed by atoms with Crippen LogP contribution in [0, 0.1) is 19.3 Å². The minimum absolute atomic E-state index is 0.00124. The zero-order chi connectivity index (χ0) is 32.1. The highest BCUT2D eigenvalue weighted by atomic mass is 19.4. The highest BCUT2D eigenvalue weighted by Crippen LogP contribution is 2.30. The molecule has 45 heavy (non-hydrogen) atoms. The van der Waals surface area contributed by atoms with Crippen molar-refractivity contribution in [3.05, 3.63) is 77.4 Å². The first-order chi connectivity index (χ1) is 21.7. The maximum absolute atomic E-state index is 13.1. The number of benzene rings is 1. The van der Waals surface area contributed by atoms with E-state index in [0.717, 1.165) is 34.6 Å². The van der Waals surface area contributed by atoms with Gasteiger partial charge in [0.05, 0.1) is 70.2 Å². The number of aryl methyl sites for hydroxylation is 1. The number of ketones is 1. The fourth-order valence-corrected chi connectivity index (χ4v) is 4.63. The first kappa shape index (κ1) is 34.0. The Kier molecular flexibility index (Phi) is 12.9. The summed E-state index contributed by atoms with van der Waals surface area (Å²) in [6, 6.07) is 8.26. The molecule has 1 saturated heterocycles. The Hall–Kier alpha value is -3.86. The lowest BCUT2D eigenvalue weighted by Crippen LogP contribution is -2.44. The van der Waals surface area contributed by atoms with Gasteiger partial charge >= 0.3 is 6.18 Å². The minimum Gasteiger partial charge on any atom is -0.377 e. The number of terminal acetylenes is 1. The molecular formula is C33H36F3N3O6. The molecular weight excluding hydrogens is 591 g/mol. The van der Waals surface area contributed by atoms with E-state index in [0.29, 0.717) is 64.9 Å². The smallest absolute Gasteiger partial charge is 0.377 e. The number of anilines is 1. The Bertz CT molecular complexity index is 1450. The van der Waals surface area contributed by atoms with E-state index in [9.17, 15) is 18.0 Å². The van der Waals surface area contributed by atoms with Crippen LogP contribution in [0.5, 0.6) is 0 Å². The molecule has 1 aromatic carbocycles. The second kappa shape index (κ2) is 17.0. The molecule has 0 bridgehead atoms. The number of morpholine rings is 1. The molecule has 0 amide bonds. The third kappa shape index (κ3) is 10.6. The molecule has 3 aromatic rings. The van der Waals surface area contributed by atoms with E-state index in [1.807, 2.05) is 19.1 Å². The van der Waals surface area contributed by atoms with Gasteiger partial charge in [-0.05, 0) is 36.8 Å². The van der Waals surface area contributed by atoms with Gasteiger partial charge in [0.2, 0.25) is 0 Å². The summed E-state index contributed by atoms with van der Waals surface area (Å²) in [6.07, 6.45) is 5.10. The molecule has 240 valence electrons. The minimum atomic E-state index is -4.52. The number of aromatic nitrogens is 2. The number of ether oxygens (including phenoxy) is 5. The standard InChI is InChI=1S/C33H36F3N3O6/c1-3-8-41-10-11-42-12-13-43-14-15-45-32-23-39(7-9-44-32)29-19-27(21-37-22-29)30-16-25(20-38-24(30)2)17-31(40)26-5-4-6-28(18-26)33(34,35)36/h1,4-6,16,18-22,32H,7-15,17,23H2,2H3. The van der Waals surface area contributed by atoms with Gasteiger partial charge in [-0.3, -0.25) is 14.8 Å². The van der Waals surface area contributed by atoms with Crippen LogP contribution in [0.25, 0.3) is 11.1 Å². The van der Waals surface area contributed by atoms with Crippen molar-refractivity contribution >= 4 is 11.5 Å². The van der Waals surface area contributed by atoms with E-state index in [1.165, 1.54) is 12.1 Å². The van der Waals surface area contributed by atoms with Crippen molar-refractivity contribution in [3.63, 3.8) is 0 Å². The van der Waals surface area contributed by atoms with Crippen molar-refractivity contribution < 1.29 is 41.7 Å². The summed E-state index contributed by atoms with van der Waals surface area (Å²) in [5.41, 5.74) is 2.91. The molecule has 0 radical (unpaired) electrons. The van der Waals surface area contributed by atoms with Gasteiger partial charge in [0.15, 0.2) is 12.1 Å². The summed E-state index contributed by atoms with van der Waals surface area (Å²) in [7, 11) is 0. The number of halogens is 3. The number of alkyl halides is 3. The number of rotatable bonds is 16. The third-order valence-electron chi connectivity index (χ3n) is 6.92. The Morgan fingerprint density at radius 3 is 2.56 bits per heavy atom. The van der Waals surface area contributed by atoms with E-state index in [1.54, 1.807) is 18.6 Å². The van der Waals surface area contributed by atoms with Gasteiger partial charge in [-0.1, -0.05) is 18.1 Å². The highest BCUT2D eigenvalue weighted by Gasteiger charge is 2.31. The van der Waals surface area contributed by atoms with Crippen molar-refractivity contribution in [3.8, 4) is 23.5 Å². The number of nitrogens with zero attached hydrogens (tertiary/aromatic N) is 3. The van der Waals surface area contributed by atoms with Crippen LogP contribution in [0.2, 0.25) is 0 Å². The van der Waals surface area contributed by atoms with Crippen molar-refractivity contribution in [2.45, 2.75) is 25.8 Å². The van der Waals surface area contributed by atoms with Crippen LogP contribution in [-0.4, -0.2) is 88.0 Å². The molecule has 0 aliphatic carbocycles. The average molecular weight is 628 g/mol. The van der Waals surface area contributed by atoms with Crippen LogP contribution in [-0.2, 0) is 36.3 Å². The Morgan fingerprint density at radius 2 is 1.80 bits per heavy atom. The van der Waals surface area contributed by atoms with Gasteiger partial charge in [-0.2, -0.15) is 13.2 Å². The first-order valence-electron chi connectivity index (χ1n) is 14.5. The van der Waals surface area contributed by atoms with Crippen molar-refractivity contribution in [2.24, 2.45) is 0 Å². The summed E-state index contributed by atoms with van der Waals surface area (Å²) < 4.78 is 67.1. The first-order valence-corrected chi connectivity index (χ1v) is 14.5. The molecule has 0 spiro atoms. The van der Waals surface area contributed by atoms with Crippen molar-refractivity contribution in [1.29, 1.82) is 0 Å². The number of carbonyl (C=O) groups excluding carboxylic acids is 1. The SMILES string of the molecule is C#CCOCCOCCOCCOC1CN(c2cncc(-c3cc(CC(=O)c4cccc(C(F)(F)F)c4)cnc3C)c2)CCO1. The van der Waals surface area contributed by atoms with Gasteiger partial charge < -0.3 is 28.6 Å². The molecule has 4 rings (SSSR count). The second-order valence-corrected chi connectivity index (χ2v) is 10.2. The molecule has 2 aromatic heterocycles. The highest BCUT2D eigenvalue weighted by molar-refractivity contribution is 5.97. The van der Waals surface area contributed by atoms with Crippen molar-refractivity contribution in [2.75, 3.05) is 70.8 Å². The van der Waals surface area contributed by atoms with Crippen LogP contribution in [0.15, 0.2) is 55.0 Å². The Balaban J connectivity index is 1.30. The summed E-state index contributed by atoms with van der Waals surface area (Å²) in [4.78, 5) is 23.8. The molecule has 1 fully saturated rings. The lowest BCUT2D eigenvalue weighted by Gasteiger charge is -2.34. The number of hydrogen-bond donors (Lipinski definition) is 0. The quantitative estimate of drug-likeness (QED) is 0.127. The third-order valence-corrected chi connectivity index (χ3v) is 6.92. The van der Waals surface area contributed by atoms with Crippen LogP contribution >= 0.6 is 0 Å². The number of pyridine rings is 2. The van der Waals surface area contributed by atoms with E-state index >= 15 is 0 Å². The maximum atomic E-state index is 13.1. The summed E-state index contributed by atoms with van der Waals surface area (Å²) >= 11 is 0. The van der Waals surface area contributed by atoms with Crippen LogP contribution in [0.3, 0.4) is 0 Å². The number of hydrogen-bond acceptors (Lipinski definition) is 9. The van der Waals surface area contributed by atoms with Gasteiger partial charge in [-0.25, -0.2) is 0 Å². The summed E-state index contributed by atoms with van der Waals surface area (Å²) in [5, 5.41) is 0.